The third kappa shape index (κ3) is 3.02. The lowest BCUT2D eigenvalue weighted by atomic mass is 9.75. The number of aliphatic hydroxyl groups is 1. The largest absolute Gasteiger partial charge is 0.508 e. The Labute approximate surface area is 165 Å². The fourth-order valence-corrected chi connectivity index (χ4v) is 6.27. The number of rotatable bonds is 3. The van der Waals surface area contributed by atoms with E-state index in [2.05, 4.69) is 56.2 Å². The maximum atomic E-state index is 10.5. The zero-order chi connectivity index (χ0) is 18.5. The Morgan fingerprint density at radius 2 is 2.12 bits per heavy atom. The van der Waals surface area contributed by atoms with Gasteiger partial charge < -0.3 is 5.11 Å². The summed E-state index contributed by atoms with van der Waals surface area (Å²) in [5.41, 5.74) is 6.64. The van der Waals surface area contributed by atoms with Crippen molar-refractivity contribution in [1.82, 2.24) is 4.72 Å². The van der Waals surface area contributed by atoms with Gasteiger partial charge in [0.15, 0.2) is 0 Å². The van der Waals surface area contributed by atoms with Gasteiger partial charge in [-0.2, -0.15) is 0 Å². The molecule has 26 heavy (non-hydrogen) atoms. The molecule has 4 rings (SSSR count). The molecule has 4 heteroatoms. The molecule has 0 bridgehead atoms. The summed E-state index contributed by atoms with van der Waals surface area (Å²) in [7, 11) is 0. The van der Waals surface area contributed by atoms with Gasteiger partial charge in [-0.1, -0.05) is 51.4 Å². The van der Waals surface area contributed by atoms with E-state index < -0.39 is 0 Å². The normalized spacial score (nSPS) is 21.1. The number of nitrogens with one attached hydrogen (secondary N) is 1. The molecule has 0 saturated heterocycles. The highest BCUT2D eigenvalue weighted by Gasteiger charge is 2.32. The molecule has 138 valence electrons. The van der Waals surface area contributed by atoms with E-state index >= 15 is 0 Å². The predicted octanol–water partition coefficient (Wildman–Crippen LogP) is 6.27. The Morgan fingerprint density at radius 1 is 1.31 bits per heavy atom. The first kappa shape index (κ1) is 18.1. The van der Waals surface area contributed by atoms with Gasteiger partial charge in [0.05, 0.1) is 0 Å². The summed E-state index contributed by atoms with van der Waals surface area (Å²) in [6.45, 7) is 8.57. The van der Waals surface area contributed by atoms with Gasteiger partial charge >= 0.3 is 0 Å². The molecule has 2 N–H and O–H groups in total. The van der Waals surface area contributed by atoms with Gasteiger partial charge in [0.2, 0.25) is 0 Å². The third-order valence-electron chi connectivity index (χ3n) is 5.97. The lowest BCUT2D eigenvalue weighted by molar-refractivity contribution is 0.317. The van der Waals surface area contributed by atoms with Crippen molar-refractivity contribution in [3.05, 3.63) is 51.9 Å². The monoisotopic (exact) mass is 385 g/mol. The Kier molecular flexibility index (Phi) is 4.70. The highest BCUT2D eigenvalue weighted by molar-refractivity contribution is 7.78. The van der Waals surface area contributed by atoms with Crippen LogP contribution in [0.3, 0.4) is 0 Å². The summed E-state index contributed by atoms with van der Waals surface area (Å²) in [5, 5.41) is 10.5. The molecule has 1 aromatic heterocycles. The average Bonchev–Trinajstić information content (AvgIpc) is 2.97. The van der Waals surface area contributed by atoms with Crippen LogP contribution in [0.4, 0.5) is 0 Å². The smallest absolute Gasteiger partial charge is 0.117 e. The lowest BCUT2D eigenvalue weighted by Crippen LogP contribution is -2.21. The van der Waals surface area contributed by atoms with Crippen molar-refractivity contribution in [3.8, 4) is 10.4 Å². The molecule has 0 aliphatic heterocycles. The SMILES string of the molecule is C=C(O)c1c(-c2cccc3c2CCCC3NS)sc2c1CC(C)(C)CC2. The summed E-state index contributed by atoms with van der Waals surface area (Å²) in [6, 6.07) is 6.88. The minimum absolute atomic E-state index is 0.215. The molecule has 0 amide bonds. The van der Waals surface area contributed by atoms with Crippen LogP contribution in [0.15, 0.2) is 24.8 Å². The van der Waals surface area contributed by atoms with Crippen LogP contribution in [0, 0.1) is 5.41 Å². The maximum Gasteiger partial charge on any atom is 0.117 e. The van der Waals surface area contributed by atoms with Crippen molar-refractivity contribution in [2.45, 2.75) is 58.4 Å². The highest BCUT2D eigenvalue weighted by atomic mass is 32.1. The first-order valence-electron chi connectivity index (χ1n) is 9.46. The average molecular weight is 386 g/mol. The van der Waals surface area contributed by atoms with Crippen LogP contribution in [-0.2, 0) is 19.3 Å². The van der Waals surface area contributed by atoms with Crippen LogP contribution in [0.5, 0.6) is 0 Å². The second kappa shape index (κ2) is 6.74. The molecule has 1 aromatic carbocycles. The molecular weight excluding hydrogens is 358 g/mol. The standard InChI is InChI=1S/C22H27NOS2/c1-13(24)20-17-12-22(2,3)11-10-19(17)26-21(20)16-8-4-7-15-14(16)6-5-9-18(15)23-25/h4,7-8,18,23-25H,1,5-6,9-12H2,2-3H3. The lowest BCUT2D eigenvalue weighted by Gasteiger charge is -2.30. The van der Waals surface area contributed by atoms with Gasteiger partial charge in [-0.15, -0.1) is 11.3 Å². The Morgan fingerprint density at radius 3 is 2.85 bits per heavy atom. The Hall–Kier alpha value is -1.23. The van der Waals surface area contributed by atoms with Crippen molar-refractivity contribution < 1.29 is 5.11 Å². The van der Waals surface area contributed by atoms with E-state index in [0.717, 1.165) is 37.7 Å². The summed E-state index contributed by atoms with van der Waals surface area (Å²) >= 11 is 6.20. The quantitative estimate of drug-likeness (QED) is 0.430. The van der Waals surface area contributed by atoms with Gasteiger partial charge in [-0.25, -0.2) is 0 Å². The molecule has 0 fully saturated rings. The van der Waals surface area contributed by atoms with Gasteiger partial charge in [0, 0.05) is 21.4 Å². The molecule has 2 aromatic rings. The number of thiol groups is 1. The van der Waals surface area contributed by atoms with E-state index in [0.29, 0.717) is 6.04 Å². The van der Waals surface area contributed by atoms with E-state index in [1.54, 1.807) is 0 Å². The molecule has 2 nitrogen and oxygen atoms in total. The zero-order valence-corrected chi connectivity index (χ0v) is 17.3. The van der Waals surface area contributed by atoms with Crippen molar-refractivity contribution in [3.63, 3.8) is 0 Å². The fourth-order valence-electron chi connectivity index (χ4n) is 4.61. The Balaban J connectivity index is 1.90. The summed E-state index contributed by atoms with van der Waals surface area (Å²) in [4.78, 5) is 2.64. The minimum Gasteiger partial charge on any atom is -0.508 e. The number of fused-ring (bicyclic) bond motifs is 2. The van der Waals surface area contributed by atoms with Gasteiger partial charge in [-0.05, 0) is 66.2 Å². The summed E-state index contributed by atoms with van der Waals surface area (Å²) in [5.74, 6) is 0.215. The number of benzene rings is 1. The Bertz CT molecular complexity index is 865. The second-order valence-electron chi connectivity index (χ2n) is 8.44. The number of hydrogen-bond donors (Lipinski definition) is 3. The molecule has 0 saturated carbocycles. The van der Waals surface area contributed by atoms with E-state index in [-0.39, 0.29) is 11.2 Å². The van der Waals surface area contributed by atoms with Gasteiger partial charge in [0.1, 0.15) is 5.76 Å². The first-order chi connectivity index (χ1) is 12.4. The van der Waals surface area contributed by atoms with Gasteiger partial charge in [-0.3, -0.25) is 4.72 Å². The molecule has 1 atom stereocenters. The van der Waals surface area contributed by atoms with Crippen molar-refractivity contribution in [2.75, 3.05) is 0 Å². The number of thiophene rings is 1. The van der Waals surface area contributed by atoms with Crippen LogP contribution in [0.2, 0.25) is 0 Å². The van der Waals surface area contributed by atoms with Gasteiger partial charge in [0.25, 0.3) is 0 Å². The third-order valence-corrected chi connectivity index (χ3v) is 7.61. The van der Waals surface area contributed by atoms with Crippen molar-refractivity contribution in [1.29, 1.82) is 0 Å². The number of aliphatic hydroxyl groups excluding tert-OH is 1. The van der Waals surface area contributed by atoms with Crippen LogP contribution in [0.1, 0.15) is 66.3 Å². The molecule has 2 aliphatic rings. The maximum absolute atomic E-state index is 10.5. The molecule has 0 spiro atoms. The zero-order valence-electron chi connectivity index (χ0n) is 15.6. The van der Waals surface area contributed by atoms with Crippen molar-refractivity contribution >= 4 is 29.9 Å². The van der Waals surface area contributed by atoms with E-state index in [9.17, 15) is 5.11 Å². The molecule has 0 radical (unpaired) electrons. The molecule has 1 unspecified atom stereocenters. The number of aryl methyl sites for hydroxylation is 1. The number of hydrogen-bond acceptors (Lipinski definition) is 4. The highest BCUT2D eigenvalue weighted by Crippen LogP contribution is 2.48. The molecule has 1 heterocycles. The first-order valence-corrected chi connectivity index (χ1v) is 10.7. The minimum atomic E-state index is 0.215. The van der Waals surface area contributed by atoms with E-state index in [1.165, 1.54) is 38.4 Å². The predicted molar refractivity (Wildman–Crippen MR) is 115 cm³/mol. The molecule has 2 aliphatic carbocycles. The summed E-state index contributed by atoms with van der Waals surface area (Å²) in [6.07, 6.45) is 6.69. The summed E-state index contributed by atoms with van der Waals surface area (Å²) < 4.78 is 3.17. The fraction of sp³-hybridized carbons (Fsp3) is 0.455. The van der Waals surface area contributed by atoms with Crippen molar-refractivity contribution in [2.24, 2.45) is 5.41 Å². The molecular formula is C22H27NOS2. The van der Waals surface area contributed by atoms with E-state index in [1.807, 2.05) is 11.3 Å². The van der Waals surface area contributed by atoms with Crippen LogP contribution in [0.25, 0.3) is 16.2 Å². The van der Waals surface area contributed by atoms with Crippen LogP contribution >= 0.6 is 24.2 Å². The van der Waals surface area contributed by atoms with E-state index in [4.69, 9.17) is 0 Å². The van der Waals surface area contributed by atoms with Crippen LogP contribution in [-0.4, -0.2) is 5.11 Å². The van der Waals surface area contributed by atoms with Crippen LogP contribution < -0.4 is 4.72 Å². The topological polar surface area (TPSA) is 32.3 Å². The second-order valence-corrected chi connectivity index (χ2v) is 9.81.